The third-order valence-electron chi connectivity index (χ3n) is 4.47. The van der Waals surface area contributed by atoms with Crippen LogP contribution in [0.5, 0.6) is 0 Å². The van der Waals surface area contributed by atoms with Crippen LogP contribution >= 0.6 is 0 Å². The Morgan fingerprint density at radius 2 is 2.07 bits per heavy atom. The smallest absolute Gasteiger partial charge is 0.252 e. The van der Waals surface area contributed by atoms with Crippen molar-refractivity contribution in [2.45, 2.75) is 77.3 Å². The van der Waals surface area contributed by atoms with Crippen LogP contribution in [0.4, 0.5) is 0 Å². The van der Waals surface area contributed by atoms with Crippen molar-refractivity contribution < 1.29 is 28.9 Å². The largest absolute Gasteiger partial charge is 0.387 e. The van der Waals surface area contributed by atoms with Gasteiger partial charge in [0.1, 0.15) is 24.4 Å². The minimum atomic E-state index is -1.11. The molecule has 2 aliphatic rings. The molecule has 0 bridgehead atoms. The second-order valence-corrected chi connectivity index (χ2v) is 8.58. The lowest BCUT2D eigenvalue weighted by molar-refractivity contribution is -0.334. The van der Waals surface area contributed by atoms with Crippen molar-refractivity contribution in [2.24, 2.45) is 5.41 Å². The van der Waals surface area contributed by atoms with E-state index < -0.39 is 42.2 Å². The van der Waals surface area contributed by atoms with Gasteiger partial charge in [-0.1, -0.05) is 32.9 Å². The van der Waals surface area contributed by atoms with E-state index in [9.17, 15) is 14.7 Å². The molecule has 3 N–H and O–H groups in total. The molecule has 8 heteroatoms. The quantitative estimate of drug-likeness (QED) is 0.596. The Bertz CT molecular complexity index is 583. The van der Waals surface area contributed by atoms with E-state index >= 15 is 0 Å². The zero-order valence-electron chi connectivity index (χ0n) is 16.9. The Labute approximate surface area is 160 Å². The standard InChI is InChI=1S/C19H32N2O6/c1-18(2,3)9-7-12-13(22)14(27-19(4,5)26-12)15(25-6)17(24)21-11-8-10-20-16(11)23/h7,9,11-15,22H,8,10H2,1-6H3,(H,20,23)(H,21,24)/t11?,12-,13+,14-,15?/m1/s1. The first kappa shape index (κ1) is 21.8. The number of carbonyl (C=O) groups is 2. The number of amides is 2. The molecule has 5 atom stereocenters. The summed E-state index contributed by atoms with van der Waals surface area (Å²) in [5.41, 5.74) is -0.0884. The normalized spacial score (nSPS) is 32.3. The highest BCUT2D eigenvalue weighted by Gasteiger charge is 2.48. The molecule has 2 aliphatic heterocycles. The van der Waals surface area contributed by atoms with Crippen molar-refractivity contribution in [3.8, 4) is 0 Å². The van der Waals surface area contributed by atoms with Crippen LogP contribution in [-0.4, -0.2) is 66.8 Å². The van der Waals surface area contributed by atoms with E-state index in [2.05, 4.69) is 10.6 Å². The Balaban J connectivity index is 2.17. The van der Waals surface area contributed by atoms with Gasteiger partial charge in [0.15, 0.2) is 11.9 Å². The molecule has 2 saturated heterocycles. The Hall–Kier alpha value is -1.48. The molecule has 0 radical (unpaired) electrons. The molecule has 2 heterocycles. The van der Waals surface area contributed by atoms with Crippen molar-refractivity contribution in [1.29, 1.82) is 0 Å². The van der Waals surface area contributed by atoms with Crippen LogP contribution < -0.4 is 10.6 Å². The van der Waals surface area contributed by atoms with E-state index in [0.717, 1.165) is 0 Å². The molecule has 2 fully saturated rings. The highest BCUT2D eigenvalue weighted by Crippen LogP contribution is 2.31. The summed E-state index contributed by atoms with van der Waals surface area (Å²) in [6.07, 6.45) is 0.463. The Kier molecular flexibility index (Phi) is 6.68. The number of ether oxygens (including phenoxy) is 3. The van der Waals surface area contributed by atoms with Crippen LogP contribution in [0.1, 0.15) is 41.0 Å². The first-order valence-corrected chi connectivity index (χ1v) is 9.27. The lowest BCUT2D eigenvalue weighted by atomic mass is 9.93. The summed E-state index contributed by atoms with van der Waals surface area (Å²) in [5, 5.41) is 16.1. The minimum Gasteiger partial charge on any atom is -0.387 e. The highest BCUT2D eigenvalue weighted by atomic mass is 16.7. The number of methoxy groups -OCH3 is 1. The molecule has 0 spiro atoms. The zero-order chi connectivity index (χ0) is 20.4. The lowest BCUT2D eigenvalue weighted by Gasteiger charge is -2.45. The summed E-state index contributed by atoms with van der Waals surface area (Å²) in [7, 11) is 1.37. The van der Waals surface area contributed by atoms with Crippen molar-refractivity contribution in [2.75, 3.05) is 13.7 Å². The van der Waals surface area contributed by atoms with Crippen LogP contribution in [0.15, 0.2) is 12.2 Å². The number of hydrogen-bond acceptors (Lipinski definition) is 6. The number of hydrogen-bond donors (Lipinski definition) is 3. The fourth-order valence-corrected chi connectivity index (χ4v) is 3.16. The van der Waals surface area contributed by atoms with Crippen molar-refractivity contribution in [3.05, 3.63) is 12.2 Å². The summed E-state index contributed by atoms with van der Waals surface area (Å²) < 4.78 is 17.0. The van der Waals surface area contributed by atoms with Crippen LogP contribution in [0.2, 0.25) is 0 Å². The molecule has 0 aromatic rings. The fraction of sp³-hybridized carbons (Fsp3) is 0.789. The molecule has 0 aromatic carbocycles. The topological polar surface area (TPSA) is 106 Å². The molecule has 0 saturated carbocycles. The van der Waals surface area contributed by atoms with Gasteiger partial charge in [-0.15, -0.1) is 0 Å². The fourth-order valence-electron chi connectivity index (χ4n) is 3.16. The molecule has 0 aliphatic carbocycles. The molecule has 8 nitrogen and oxygen atoms in total. The predicted molar refractivity (Wildman–Crippen MR) is 98.8 cm³/mol. The number of allylic oxidation sites excluding steroid dienone is 1. The summed E-state index contributed by atoms with van der Waals surface area (Å²) >= 11 is 0. The third-order valence-corrected chi connectivity index (χ3v) is 4.47. The molecular weight excluding hydrogens is 352 g/mol. The maximum absolute atomic E-state index is 12.7. The highest BCUT2D eigenvalue weighted by molar-refractivity contribution is 5.90. The summed E-state index contributed by atoms with van der Waals surface area (Å²) in [5.74, 6) is -1.74. The van der Waals surface area contributed by atoms with Gasteiger partial charge in [0.05, 0.1) is 0 Å². The maximum atomic E-state index is 12.7. The minimum absolute atomic E-state index is 0.0884. The van der Waals surface area contributed by atoms with Crippen LogP contribution in [0.3, 0.4) is 0 Å². The van der Waals surface area contributed by atoms with Crippen molar-refractivity contribution in [1.82, 2.24) is 10.6 Å². The van der Waals surface area contributed by atoms with Gasteiger partial charge in [-0.25, -0.2) is 0 Å². The molecular formula is C19H32N2O6. The van der Waals surface area contributed by atoms with Crippen LogP contribution in [0, 0.1) is 5.41 Å². The first-order valence-electron chi connectivity index (χ1n) is 9.27. The Morgan fingerprint density at radius 3 is 2.59 bits per heavy atom. The molecule has 2 amide bonds. The maximum Gasteiger partial charge on any atom is 0.252 e. The monoisotopic (exact) mass is 384 g/mol. The predicted octanol–water partition coefficient (Wildman–Crippen LogP) is 0.489. The molecule has 154 valence electrons. The van der Waals surface area contributed by atoms with Gasteiger partial charge in [0, 0.05) is 13.7 Å². The SMILES string of the molecule is COC(C(=O)NC1CCNC1=O)[C@@H]1OC(C)(C)O[C@H](C=CC(C)(C)C)[C@@H]1O. The molecule has 2 rings (SSSR count). The number of nitrogens with one attached hydrogen (secondary N) is 2. The van der Waals surface area contributed by atoms with E-state index in [1.54, 1.807) is 19.9 Å². The van der Waals surface area contributed by atoms with Crippen molar-refractivity contribution >= 4 is 11.8 Å². The average molecular weight is 384 g/mol. The second kappa shape index (κ2) is 8.26. The summed E-state index contributed by atoms with van der Waals surface area (Å²) in [6, 6.07) is -0.600. The number of carbonyl (C=O) groups excluding carboxylic acids is 2. The van der Waals surface area contributed by atoms with Gasteiger partial charge in [0.25, 0.3) is 5.91 Å². The van der Waals surface area contributed by atoms with E-state index in [4.69, 9.17) is 14.2 Å². The number of aliphatic hydroxyl groups is 1. The zero-order valence-corrected chi connectivity index (χ0v) is 16.9. The first-order chi connectivity index (χ1) is 12.4. The van der Waals surface area contributed by atoms with Crippen LogP contribution in [-0.2, 0) is 23.8 Å². The van der Waals surface area contributed by atoms with Crippen LogP contribution in [0.25, 0.3) is 0 Å². The van der Waals surface area contributed by atoms with Gasteiger partial charge in [-0.3, -0.25) is 9.59 Å². The van der Waals surface area contributed by atoms with Gasteiger partial charge in [-0.05, 0) is 25.7 Å². The molecule has 0 aromatic heterocycles. The molecule has 2 unspecified atom stereocenters. The average Bonchev–Trinajstić information content (AvgIpc) is 2.93. The third kappa shape index (κ3) is 5.75. The Morgan fingerprint density at radius 1 is 1.41 bits per heavy atom. The van der Waals surface area contributed by atoms with E-state index in [1.165, 1.54) is 7.11 Å². The number of aliphatic hydroxyl groups excluding tert-OH is 1. The van der Waals surface area contributed by atoms with Crippen molar-refractivity contribution in [3.63, 3.8) is 0 Å². The van der Waals surface area contributed by atoms with E-state index in [1.807, 2.05) is 26.8 Å². The summed E-state index contributed by atoms with van der Waals surface area (Å²) in [4.78, 5) is 24.4. The van der Waals surface area contributed by atoms with E-state index in [-0.39, 0.29) is 11.3 Å². The number of rotatable bonds is 5. The van der Waals surface area contributed by atoms with E-state index in [0.29, 0.717) is 13.0 Å². The molecule has 27 heavy (non-hydrogen) atoms. The lowest BCUT2D eigenvalue weighted by Crippen LogP contribution is -2.61. The second-order valence-electron chi connectivity index (χ2n) is 8.58. The summed E-state index contributed by atoms with van der Waals surface area (Å²) in [6.45, 7) is 10.1. The van der Waals surface area contributed by atoms with Gasteiger partial charge in [-0.2, -0.15) is 0 Å². The van der Waals surface area contributed by atoms with Gasteiger partial charge in [0.2, 0.25) is 5.91 Å². The van der Waals surface area contributed by atoms with Gasteiger partial charge >= 0.3 is 0 Å². The van der Waals surface area contributed by atoms with Gasteiger partial charge < -0.3 is 30.0 Å².